The van der Waals surface area contributed by atoms with Crippen molar-refractivity contribution in [3.05, 3.63) is 23.9 Å². The van der Waals surface area contributed by atoms with E-state index >= 15 is 0 Å². The van der Waals surface area contributed by atoms with Gasteiger partial charge in [-0.05, 0) is 38.3 Å². The molecule has 86 valence electrons. The van der Waals surface area contributed by atoms with Crippen molar-refractivity contribution in [2.24, 2.45) is 0 Å². The summed E-state index contributed by atoms with van der Waals surface area (Å²) in [6.07, 6.45) is 5.07. The summed E-state index contributed by atoms with van der Waals surface area (Å²) in [5, 5.41) is 8.78. The van der Waals surface area contributed by atoms with Crippen LogP contribution in [0.1, 0.15) is 36.5 Å². The number of carboxylic acids is 1. The number of carbonyl (C=O) groups is 1. The van der Waals surface area contributed by atoms with E-state index in [4.69, 9.17) is 5.11 Å². The summed E-state index contributed by atoms with van der Waals surface area (Å²) >= 11 is 0. The monoisotopic (exact) mass is 220 g/mol. The standard InChI is InChI=1S/C12H16N2O2/c1-9-4-2-3-7-14(9)11-6-5-10(8-13-11)12(15)16/h5-6,8-9H,2-4,7H2,1H3,(H,15,16)/t9-/m1/s1. The lowest BCUT2D eigenvalue weighted by molar-refractivity contribution is 0.0696. The normalized spacial score (nSPS) is 20.8. The number of hydrogen-bond donors (Lipinski definition) is 1. The first kappa shape index (κ1) is 10.9. The Morgan fingerprint density at radius 3 is 2.88 bits per heavy atom. The molecule has 1 fully saturated rings. The largest absolute Gasteiger partial charge is 0.478 e. The molecule has 0 saturated carbocycles. The zero-order chi connectivity index (χ0) is 11.5. The Labute approximate surface area is 94.9 Å². The van der Waals surface area contributed by atoms with Gasteiger partial charge in [-0.2, -0.15) is 0 Å². The van der Waals surface area contributed by atoms with Gasteiger partial charge in [-0.1, -0.05) is 0 Å². The third kappa shape index (κ3) is 2.15. The van der Waals surface area contributed by atoms with Crippen molar-refractivity contribution >= 4 is 11.8 Å². The van der Waals surface area contributed by atoms with E-state index in [1.807, 2.05) is 0 Å². The van der Waals surface area contributed by atoms with Crippen LogP contribution in [0.3, 0.4) is 0 Å². The highest BCUT2D eigenvalue weighted by molar-refractivity contribution is 5.87. The second-order valence-corrected chi connectivity index (χ2v) is 4.25. The van der Waals surface area contributed by atoms with E-state index in [-0.39, 0.29) is 5.56 Å². The highest BCUT2D eigenvalue weighted by Gasteiger charge is 2.19. The summed E-state index contributed by atoms with van der Waals surface area (Å²) in [5.74, 6) is -0.0389. The van der Waals surface area contributed by atoms with E-state index in [9.17, 15) is 4.79 Å². The topological polar surface area (TPSA) is 53.4 Å². The van der Waals surface area contributed by atoms with Crippen LogP contribution in [0.25, 0.3) is 0 Å². The van der Waals surface area contributed by atoms with Crippen LogP contribution in [0.4, 0.5) is 5.82 Å². The molecule has 1 aliphatic heterocycles. The number of pyridine rings is 1. The Hall–Kier alpha value is -1.58. The van der Waals surface area contributed by atoms with Gasteiger partial charge in [-0.15, -0.1) is 0 Å². The Bertz CT molecular complexity index is 375. The molecule has 4 heteroatoms. The lowest BCUT2D eigenvalue weighted by atomic mass is 10.0. The van der Waals surface area contributed by atoms with Gasteiger partial charge in [0, 0.05) is 18.8 Å². The predicted octanol–water partition coefficient (Wildman–Crippen LogP) is 2.16. The summed E-state index contributed by atoms with van der Waals surface area (Å²) in [6, 6.07) is 3.91. The van der Waals surface area contributed by atoms with Crippen molar-refractivity contribution in [2.75, 3.05) is 11.4 Å². The molecule has 1 aliphatic rings. The minimum absolute atomic E-state index is 0.244. The van der Waals surface area contributed by atoms with Crippen molar-refractivity contribution in [3.63, 3.8) is 0 Å². The lowest BCUT2D eigenvalue weighted by Crippen LogP contribution is -2.37. The average molecular weight is 220 g/mol. The van der Waals surface area contributed by atoms with Gasteiger partial charge in [-0.25, -0.2) is 9.78 Å². The van der Waals surface area contributed by atoms with Crippen molar-refractivity contribution in [1.82, 2.24) is 4.98 Å². The van der Waals surface area contributed by atoms with Gasteiger partial charge in [0.2, 0.25) is 0 Å². The van der Waals surface area contributed by atoms with Crippen LogP contribution in [-0.2, 0) is 0 Å². The second-order valence-electron chi connectivity index (χ2n) is 4.25. The molecular weight excluding hydrogens is 204 g/mol. The lowest BCUT2D eigenvalue weighted by Gasteiger charge is -2.34. The summed E-state index contributed by atoms with van der Waals surface area (Å²) < 4.78 is 0. The van der Waals surface area contributed by atoms with Crippen molar-refractivity contribution < 1.29 is 9.90 Å². The van der Waals surface area contributed by atoms with E-state index in [0.29, 0.717) is 6.04 Å². The maximum absolute atomic E-state index is 10.7. The van der Waals surface area contributed by atoms with Crippen LogP contribution in [0.15, 0.2) is 18.3 Å². The fourth-order valence-corrected chi connectivity index (χ4v) is 2.12. The summed E-state index contributed by atoms with van der Waals surface area (Å²) in [6.45, 7) is 3.20. The molecule has 2 rings (SSSR count). The third-order valence-electron chi connectivity index (χ3n) is 3.09. The maximum atomic E-state index is 10.7. The molecule has 0 aromatic carbocycles. The molecule has 16 heavy (non-hydrogen) atoms. The predicted molar refractivity (Wildman–Crippen MR) is 61.9 cm³/mol. The van der Waals surface area contributed by atoms with Crippen LogP contribution in [-0.4, -0.2) is 28.6 Å². The van der Waals surface area contributed by atoms with Gasteiger partial charge < -0.3 is 10.0 Å². The fraction of sp³-hybridized carbons (Fsp3) is 0.500. The number of rotatable bonds is 2. The molecule has 2 heterocycles. The van der Waals surface area contributed by atoms with Gasteiger partial charge in [0.15, 0.2) is 0 Å². The van der Waals surface area contributed by atoms with E-state index in [1.54, 1.807) is 12.1 Å². The van der Waals surface area contributed by atoms with Crippen molar-refractivity contribution in [1.29, 1.82) is 0 Å². The first-order valence-electron chi connectivity index (χ1n) is 5.64. The van der Waals surface area contributed by atoms with E-state index in [0.717, 1.165) is 12.4 Å². The fourth-order valence-electron chi connectivity index (χ4n) is 2.12. The molecule has 0 aliphatic carbocycles. The minimum Gasteiger partial charge on any atom is -0.478 e. The van der Waals surface area contributed by atoms with Crippen LogP contribution in [0.5, 0.6) is 0 Å². The first-order chi connectivity index (χ1) is 7.68. The molecule has 0 bridgehead atoms. The molecule has 0 radical (unpaired) electrons. The molecule has 1 aromatic heterocycles. The Morgan fingerprint density at radius 2 is 2.31 bits per heavy atom. The number of aromatic carboxylic acids is 1. The molecule has 1 aromatic rings. The SMILES string of the molecule is C[C@@H]1CCCCN1c1ccc(C(=O)O)cn1. The zero-order valence-corrected chi connectivity index (χ0v) is 9.39. The first-order valence-corrected chi connectivity index (χ1v) is 5.64. The smallest absolute Gasteiger partial charge is 0.337 e. The summed E-state index contributed by atoms with van der Waals surface area (Å²) in [5.41, 5.74) is 0.244. The Morgan fingerprint density at radius 1 is 1.50 bits per heavy atom. The molecule has 1 N–H and O–H groups in total. The third-order valence-corrected chi connectivity index (χ3v) is 3.09. The maximum Gasteiger partial charge on any atom is 0.337 e. The van der Waals surface area contributed by atoms with Gasteiger partial charge in [0.25, 0.3) is 0 Å². The molecule has 4 nitrogen and oxygen atoms in total. The van der Waals surface area contributed by atoms with Gasteiger partial charge in [-0.3, -0.25) is 0 Å². The molecule has 0 unspecified atom stereocenters. The quantitative estimate of drug-likeness (QED) is 0.829. The van der Waals surface area contributed by atoms with Crippen molar-refractivity contribution in [3.8, 4) is 0 Å². The Kier molecular flexibility index (Phi) is 3.08. The van der Waals surface area contributed by atoms with E-state index < -0.39 is 5.97 Å². The van der Waals surface area contributed by atoms with E-state index in [1.165, 1.54) is 25.5 Å². The van der Waals surface area contributed by atoms with Gasteiger partial charge >= 0.3 is 5.97 Å². The average Bonchev–Trinajstić information content (AvgIpc) is 2.30. The summed E-state index contributed by atoms with van der Waals surface area (Å²) in [4.78, 5) is 17.2. The minimum atomic E-state index is -0.925. The molecule has 0 amide bonds. The number of piperidine rings is 1. The van der Waals surface area contributed by atoms with Crippen LogP contribution < -0.4 is 4.90 Å². The summed E-state index contributed by atoms with van der Waals surface area (Å²) in [7, 11) is 0. The molecular formula is C12H16N2O2. The zero-order valence-electron chi connectivity index (χ0n) is 9.39. The number of anilines is 1. The number of aromatic nitrogens is 1. The Balaban J connectivity index is 2.17. The van der Waals surface area contributed by atoms with Gasteiger partial charge in [0.05, 0.1) is 5.56 Å². The molecule has 0 spiro atoms. The van der Waals surface area contributed by atoms with Crippen LogP contribution >= 0.6 is 0 Å². The van der Waals surface area contributed by atoms with Crippen molar-refractivity contribution in [2.45, 2.75) is 32.2 Å². The molecule has 1 saturated heterocycles. The number of nitrogens with zero attached hydrogens (tertiary/aromatic N) is 2. The molecule has 1 atom stereocenters. The number of hydrogen-bond acceptors (Lipinski definition) is 3. The second kappa shape index (κ2) is 4.51. The van der Waals surface area contributed by atoms with E-state index in [2.05, 4.69) is 16.8 Å². The van der Waals surface area contributed by atoms with Gasteiger partial charge in [0.1, 0.15) is 5.82 Å². The highest BCUT2D eigenvalue weighted by Crippen LogP contribution is 2.22. The number of carboxylic acid groups (broad SMARTS) is 1. The van der Waals surface area contributed by atoms with Crippen LogP contribution in [0, 0.1) is 0 Å². The van der Waals surface area contributed by atoms with Crippen LogP contribution in [0.2, 0.25) is 0 Å². The highest BCUT2D eigenvalue weighted by atomic mass is 16.4.